The second-order valence-electron chi connectivity index (χ2n) is 4.07. The fourth-order valence-corrected chi connectivity index (χ4v) is 1.99. The summed E-state index contributed by atoms with van der Waals surface area (Å²) in [6.45, 7) is 7.54. The van der Waals surface area contributed by atoms with Crippen LogP contribution in [0.15, 0.2) is 0 Å². The highest BCUT2D eigenvalue weighted by molar-refractivity contribution is 7.80. The minimum Gasteiger partial charge on any atom is -0.363 e. The smallest absolute Gasteiger partial charge is 0.168 e. The van der Waals surface area contributed by atoms with Gasteiger partial charge in [0.25, 0.3) is 0 Å². The molecule has 0 amide bonds. The first-order valence-corrected chi connectivity index (χ1v) is 6.21. The van der Waals surface area contributed by atoms with Crippen LogP contribution >= 0.6 is 12.2 Å². The van der Waals surface area contributed by atoms with Gasteiger partial charge in [-0.15, -0.1) is 0 Å². The Morgan fingerprint density at radius 1 is 1.43 bits per heavy atom. The first-order valence-electron chi connectivity index (χ1n) is 5.80. The molecule has 0 heterocycles. The van der Waals surface area contributed by atoms with Crippen molar-refractivity contribution in [3.8, 4) is 0 Å². The summed E-state index contributed by atoms with van der Waals surface area (Å²) < 4.78 is 0. The number of nitrogens with one attached hydrogen (secondary N) is 1. The Hall–Kier alpha value is -0.310. The molecule has 0 aliphatic heterocycles. The van der Waals surface area contributed by atoms with Gasteiger partial charge in [0.05, 0.1) is 0 Å². The quantitative estimate of drug-likeness (QED) is 0.708. The van der Waals surface area contributed by atoms with Gasteiger partial charge in [0, 0.05) is 19.6 Å². The molecular weight excluding hydrogens is 192 g/mol. The predicted octanol–water partition coefficient (Wildman–Crippen LogP) is 2.39. The summed E-state index contributed by atoms with van der Waals surface area (Å²) in [5.41, 5.74) is 0. The number of hydrogen-bond acceptors (Lipinski definition) is 1. The molecule has 0 unspecified atom stereocenters. The van der Waals surface area contributed by atoms with Crippen molar-refractivity contribution in [3.05, 3.63) is 0 Å². The Morgan fingerprint density at radius 2 is 2.14 bits per heavy atom. The van der Waals surface area contributed by atoms with Gasteiger partial charge in [-0.1, -0.05) is 13.3 Å². The van der Waals surface area contributed by atoms with E-state index < -0.39 is 0 Å². The van der Waals surface area contributed by atoms with Gasteiger partial charge in [-0.25, -0.2) is 0 Å². The molecule has 0 bridgehead atoms. The molecule has 1 N–H and O–H groups in total. The van der Waals surface area contributed by atoms with Crippen LogP contribution in [-0.4, -0.2) is 29.6 Å². The molecule has 2 nitrogen and oxygen atoms in total. The average molecular weight is 214 g/mol. The van der Waals surface area contributed by atoms with Crippen LogP contribution in [0, 0.1) is 5.92 Å². The number of hydrogen-bond donors (Lipinski definition) is 1. The fraction of sp³-hybridized carbons (Fsp3) is 0.909. The second-order valence-corrected chi connectivity index (χ2v) is 4.45. The van der Waals surface area contributed by atoms with Crippen molar-refractivity contribution >= 4 is 17.3 Å². The van der Waals surface area contributed by atoms with Crippen LogP contribution in [0.4, 0.5) is 0 Å². The Bertz CT molecular complexity index is 178. The van der Waals surface area contributed by atoms with Gasteiger partial charge in [0.15, 0.2) is 5.11 Å². The number of nitrogens with zero attached hydrogens (tertiary/aromatic N) is 1. The van der Waals surface area contributed by atoms with Gasteiger partial charge < -0.3 is 10.2 Å². The highest BCUT2D eigenvalue weighted by Crippen LogP contribution is 2.26. The molecule has 0 radical (unpaired) electrons. The van der Waals surface area contributed by atoms with E-state index in [1.807, 2.05) is 0 Å². The minimum atomic E-state index is 0.899. The Labute approximate surface area is 93.1 Å². The molecule has 1 aliphatic carbocycles. The zero-order chi connectivity index (χ0) is 10.4. The molecule has 0 atom stereocenters. The summed E-state index contributed by atoms with van der Waals surface area (Å²) in [6, 6.07) is 0. The van der Waals surface area contributed by atoms with E-state index in [4.69, 9.17) is 12.2 Å². The van der Waals surface area contributed by atoms with Gasteiger partial charge in [-0.3, -0.25) is 0 Å². The van der Waals surface area contributed by atoms with Gasteiger partial charge in [-0.05, 0) is 44.3 Å². The summed E-state index contributed by atoms with van der Waals surface area (Å²) in [7, 11) is 0. The van der Waals surface area contributed by atoms with Crippen molar-refractivity contribution in [2.75, 3.05) is 19.6 Å². The van der Waals surface area contributed by atoms with Crippen molar-refractivity contribution < 1.29 is 0 Å². The highest BCUT2D eigenvalue weighted by Gasteiger charge is 2.20. The maximum atomic E-state index is 5.35. The maximum Gasteiger partial charge on any atom is 0.168 e. The van der Waals surface area contributed by atoms with Crippen molar-refractivity contribution in [3.63, 3.8) is 0 Å². The largest absolute Gasteiger partial charge is 0.363 e. The van der Waals surface area contributed by atoms with Crippen LogP contribution in [0.3, 0.4) is 0 Å². The third-order valence-corrected chi connectivity index (χ3v) is 3.30. The molecule has 3 heteroatoms. The normalized spacial score (nSPS) is 16.1. The summed E-state index contributed by atoms with van der Waals surface area (Å²) in [4.78, 5) is 2.30. The SMILES string of the molecule is CCCNC(=S)N(CC)CC1CCC1. The van der Waals surface area contributed by atoms with E-state index in [0.717, 1.165) is 37.1 Å². The standard InChI is InChI=1S/C11H22N2S/c1-3-8-12-11(14)13(4-2)9-10-6-5-7-10/h10H,3-9H2,1-2H3,(H,12,14). The number of rotatable bonds is 5. The topological polar surface area (TPSA) is 15.3 Å². The van der Waals surface area contributed by atoms with E-state index in [1.165, 1.54) is 19.3 Å². The summed E-state index contributed by atoms with van der Waals surface area (Å²) in [6.07, 6.45) is 5.35. The molecule has 14 heavy (non-hydrogen) atoms. The molecule has 1 aliphatic rings. The van der Waals surface area contributed by atoms with Gasteiger partial charge in [-0.2, -0.15) is 0 Å². The predicted molar refractivity (Wildman–Crippen MR) is 65.5 cm³/mol. The molecule has 0 aromatic rings. The molecular formula is C11H22N2S. The van der Waals surface area contributed by atoms with Crippen molar-refractivity contribution in [2.24, 2.45) is 5.92 Å². The van der Waals surface area contributed by atoms with Crippen LogP contribution < -0.4 is 5.32 Å². The summed E-state index contributed by atoms with van der Waals surface area (Å²) >= 11 is 5.35. The molecule has 82 valence electrons. The zero-order valence-electron chi connectivity index (χ0n) is 9.38. The third kappa shape index (κ3) is 3.45. The molecule has 1 saturated carbocycles. The van der Waals surface area contributed by atoms with Crippen LogP contribution in [0.25, 0.3) is 0 Å². The average Bonchev–Trinajstić information content (AvgIpc) is 2.13. The molecule has 0 spiro atoms. The number of thiocarbonyl (C=S) groups is 1. The molecule has 0 aromatic carbocycles. The Balaban J connectivity index is 2.24. The minimum absolute atomic E-state index is 0.899. The molecule has 1 rings (SSSR count). The lowest BCUT2D eigenvalue weighted by molar-refractivity contribution is 0.243. The Morgan fingerprint density at radius 3 is 2.57 bits per heavy atom. The van der Waals surface area contributed by atoms with E-state index in [0.29, 0.717) is 0 Å². The van der Waals surface area contributed by atoms with Crippen molar-refractivity contribution in [1.29, 1.82) is 0 Å². The second kappa shape index (κ2) is 6.23. The molecule has 0 aromatic heterocycles. The lowest BCUT2D eigenvalue weighted by atomic mass is 9.85. The summed E-state index contributed by atoms with van der Waals surface area (Å²) in [5, 5.41) is 4.24. The Kier molecular flexibility index (Phi) is 5.23. The van der Waals surface area contributed by atoms with Crippen LogP contribution in [0.5, 0.6) is 0 Å². The van der Waals surface area contributed by atoms with Crippen LogP contribution in [-0.2, 0) is 0 Å². The van der Waals surface area contributed by atoms with E-state index in [-0.39, 0.29) is 0 Å². The van der Waals surface area contributed by atoms with Gasteiger partial charge in [0.2, 0.25) is 0 Å². The van der Waals surface area contributed by atoms with Crippen LogP contribution in [0.2, 0.25) is 0 Å². The molecule has 0 saturated heterocycles. The first kappa shape index (κ1) is 11.8. The summed E-state index contributed by atoms with van der Waals surface area (Å²) in [5.74, 6) is 0.899. The van der Waals surface area contributed by atoms with E-state index >= 15 is 0 Å². The van der Waals surface area contributed by atoms with Crippen LogP contribution in [0.1, 0.15) is 39.5 Å². The highest BCUT2D eigenvalue weighted by atomic mass is 32.1. The van der Waals surface area contributed by atoms with E-state index in [1.54, 1.807) is 0 Å². The van der Waals surface area contributed by atoms with E-state index in [9.17, 15) is 0 Å². The fourth-order valence-electron chi connectivity index (χ4n) is 1.69. The lowest BCUT2D eigenvalue weighted by Crippen LogP contribution is -2.43. The zero-order valence-corrected chi connectivity index (χ0v) is 10.2. The monoisotopic (exact) mass is 214 g/mol. The third-order valence-electron chi connectivity index (χ3n) is 2.90. The van der Waals surface area contributed by atoms with Gasteiger partial charge in [0.1, 0.15) is 0 Å². The van der Waals surface area contributed by atoms with Crippen molar-refractivity contribution in [2.45, 2.75) is 39.5 Å². The maximum absolute atomic E-state index is 5.35. The first-order chi connectivity index (χ1) is 6.77. The van der Waals surface area contributed by atoms with Crippen molar-refractivity contribution in [1.82, 2.24) is 10.2 Å². The lowest BCUT2D eigenvalue weighted by Gasteiger charge is -2.33. The molecule has 1 fully saturated rings. The van der Waals surface area contributed by atoms with E-state index in [2.05, 4.69) is 24.1 Å². The van der Waals surface area contributed by atoms with Gasteiger partial charge >= 0.3 is 0 Å².